The summed E-state index contributed by atoms with van der Waals surface area (Å²) in [6.45, 7) is 3.87. The molecule has 23 heavy (non-hydrogen) atoms. The van der Waals surface area contributed by atoms with Gasteiger partial charge in [0.1, 0.15) is 6.10 Å². The van der Waals surface area contributed by atoms with Gasteiger partial charge in [-0.1, -0.05) is 19.1 Å². The van der Waals surface area contributed by atoms with Crippen LogP contribution in [-0.4, -0.2) is 57.4 Å². The second-order valence-corrected chi connectivity index (χ2v) is 6.75. The minimum Gasteiger partial charge on any atom is -0.550 e. The van der Waals surface area contributed by atoms with Crippen LogP contribution in [0.1, 0.15) is 26.7 Å². The van der Waals surface area contributed by atoms with Crippen LogP contribution in [0.25, 0.3) is 0 Å². The van der Waals surface area contributed by atoms with Gasteiger partial charge in [-0.3, -0.25) is 0 Å². The van der Waals surface area contributed by atoms with Gasteiger partial charge in [-0.05, 0) is 31.4 Å². The van der Waals surface area contributed by atoms with Gasteiger partial charge in [-0.15, -0.1) is 0 Å². The number of rotatable bonds is 8. The summed E-state index contributed by atoms with van der Waals surface area (Å²) in [5, 5.41) is 40.2. The predicted octanol–water partition coefficient (Wildman–Crippen LogP) is -3.48. The average Bonchev–Trinajstić information content (AvgIpc) is 2.46. The zero-order valence-corrected chi connectivity index (χ0v) is 16.7. The van der Waals surface area contributed by atoms with Crippen molar-refractivity contribution >= 4 is 17.7 Å². The first-order valence-electron chi connectivity index (χ1n) is 7.46. The van der Waals surface area contributed by atoms with Crippen molar-refractivity contribution in [3.05, 3.63) is 12.2 Å². The number of carboxylic acids is 1. The quantitative estimate of drug-likeness (QED) is 0.235. The van der Waals surface area contributed by atoms with E-state index < -0.39 is 30.6 Å². The number of aliphatic hydroxyl groups excluding tert-OH is 3. The van der Waals surface area contributed by atoms with Crippen LogP contribution in [0, 0.1) is 11.8 Å². The van der Waals surface area contributed by atoms with E-state index in [2.05, 4.69) is 0 Å². The number of aliphatic carboxylic acids is 1. The molecule has 8 heteroatoms. The van der Waals surface area contributed by atoms with Gasteiger partial charge in [0.25, 0.3) is 0 Å². The molecule has 0 radical (unpaired) electrons. The Kier molecular flexibility index (Phi) is 12.1. The Labute approximate surface area is 163 Å². The van der Waals surface area contributed by atoms with Gasteiger partial charge < -0.3 is 30.0 Å². The molecule has 0 aromatic rings. The van der Waals surface area contributed by atoms with Crippen LogP contribution in [0.4, 0.5) is 0 Å². The summed E-state index contributed by atoms with van der Waals surface area (Å²) in [7, 11) is 0. The molecule has 1 heterocycles. The number of hydrogen-bond donors (Lipinski definition) is 3. The Balaban J connectivity index is 0.00000484. The molecular formula is C15H25NaO6S. The average molecular weight is 356 g/mol. The molecule has 3 N–H and O–H groups in total. The second kappa shape index (κ2) is 11.9. The number of carbonyl (C=O) groups excluding carboxylic acids is 1. The number of hydrogen-bond acceptors (Lipinski definition) is 7. The third-order valence-electron chi connectivity index (χ3n) is 3.91. The van der Waals surface area contributed by atoms with Crippen LogP contribution in [-0.2, 0) is 9.53 Å². The third-order valence-corrected chi connectivity index (χ3v) is 4.97. The van der Waals surface area contributed by atoms with E-state index in [9.17, 15) is 25.2 Å². The minimum atomic E-state index is -1.42. The van der Waals surface area contributed by atoms with Crippen molar-refractivity contribution in [2.75, 3.05) is 11.5 Å². The first-order valence-corrected chi connectivity index (χ1v) is 8.62. The largest absolute Gasteiger partial charge is 1.00 e. The van der Waals surface area contributed by atoms with Crippen molar-refractivity contribution in [3.63, 3.8) is 0 Å². The van der Waals surface area contributed by atoms with E-state index in [0.717, 1.165) is 6.42 Å². The molecular weight excluding hydrogens is 331 g/mol. The topological polar surface area (TPSA) is 110 Å². The predicted molar refractivity (Wildman–Crippen MR) is 81.9 cm³/mol. The fraction of sp³-hybridized carbons (Fsp3) is 0.800. The SMILES string of the molecule is C/C=C\CC(C)C1C(CSCCC(=O)[O-])OC(O)C(O)C1O.[Na+]. The molecule has 128 valence electrons. The van der Waals surface area contributed by atoms with Gasteiger partial charge in [0.05, 0.1) is 12.2 Å². The van der Waals surface area contributed by atoms with Crippen molar-refractivity contribution in [2.24, 2.45) is 11.8 Å². The zero-order chi connectivity index (χ0) is 16.7. The number of ether oxygens (including phenoxy) is 1. The first-order chi connectivity index (χ1) is 10.4. The van der Waals surface area contributed by atoms with Crippen molar-refractivity contribution < 1.29 is 59.5 Å². The normalized spacial score (nSPS) is 32.5. The molecule has 0 aromatic heterocycles. The number of carboxylic acid groups (broad SMARTS) is 1. The van der Waals surface area contributed by atoms with E-state index in [-0.39, 0.29) is 47.8 Å². The molecule has 1 fully saturated rings. The van der Waals surface area contributed by atoms with Gasteiger partial charge >= 0.3 is 29.6 Å². The summed E-state index contributed by atoms with van der Waals surface area (Å²) in [4.78, 5) is 10.4. The smallest absolute Gasteiger partial charge is 0.550 e. The summed E-state index contributed by atoms with van der Waals surface area (Å²) in [6, 6.07) is 0. The van der Waals surface area contributed by atoms with Crippen LogP contribution >= 0.6 is 11.8 Å². The van der Waals surface area contributed by atoms with Crippen molar-refractivity contribution in [1.29, 1.82) is 0 Å². The zero-order valence-electron chi connectivity index (χ0n) is 13.9. The Morgan fingerprint density at radius 1 is 1.35 bits per heavy atom. The fourth-order valence-electron chi connectivity index (χ4n) is 2.68. The maximum absolute atomic E-state index is 10.4. The molecule has 6 unspecified atom stereocenters. The number of allylic oxidation sites excluding steroid dienone is 2. The van der Waals surface area contributed by atoms with Crippen molar-refractivity contribution in [3.8, 4) is 0 Å². The van der Waals surface area contributed by atoms with Crippen molar-refractivity contribution in [2.45, 2.75) is 51.3 Å². The molecule has 1 rings (SSSR count). The molecule has 0 saturated carbocycles. The number of thioether (sulfide) groups is 1. The molecule has 6 atom stereocenters. The minimum absolute atomic E-state index is 0. The number of carbonyl (C=O) groups is 1. The molecule has 6 nitrogen and oxygen atoms in total. The summed E-state index contributed by atoms with van der Waals surface area (Å²) in [5.74, 6) is -0.554. The summed E-state index contributed by atoms with van der Waals surface area (Å²) < 4.78 is 5.43. The Hall–Kier alpha value is 0.400. The van der Waals surface area contributed by atoms with Crippen LogP contribution in [0.3, 0.4) is 0 Å². The van der Waals surface area contributed by atoms with E-state index in [1.54, 1.807) is 0 Å². The molecule has 0 amide bonds. The first kappa shape index (κ1) is 23.4. The summed E-state index contributed by atoms with van der Waals surface area (Å²) >= 11 is 1.37. The third kappa shape index (κ3) is 7.44. The van der Waals surface area contributed by atoms with Crippen molar-refractivity contribution in [1.82, 2.24) is 0 Å². The van der Waals surface area contributed by atoms with Gasteiger partial charge in [0.15, 0.2) is 6.29 Å². The Bertz CT molecular complexity index is 381. The molecule has 1 saturated heterocycles. The second-order valence-electron chi connectivity index (χ2n) is 5.60. The van der Waals surface area contributed by atoms with E-state index >= 15 is 0 Å². The Morgan fingerprint density at radius 3 is 2.57 bits per heavy atom. The summed E-state index contributed by atoms with van der Waals surface area (Å²) in [5.41, 5.74) is 0. The number of aliphatic hydroxyl groups is 3. The molecule has 0 spiro atoms. The van der Waals surface area contributed by atoms with Crippen LogP contribution in [0.2, 0.25) is 0 Å². The van der Waals surface area contributed by atoms with Gasteiger partial charge in [0.2, 0.25) is 0 Å². The van der Waals surface area contributed by atoms with E-state index in [4.69, 9.17) is 4.74 Å². The van der Waals surface area contributed by atoms with Crippen LogP contribution in [0.15, 0.2) is 12.2 Å². The molecule has 1 aliphatic heterocycles. The molecule has 0 bridgehead atoms. The maximum atomic E-state index is 10.4. The van der Waals surface area contributed by atoms with Crippen LogP contribution in [0.5, 0.6) is 0 Å². The van der Waals surface area contributed by atoms with E-state index in [0.29, 0.717) is 11.5 Å². The standard InChI is InChI=1S/C15H26O6S.Na/c1-3-4-5-9(2)12-10(8-22-7-6-11(16)17)21-15(20)14(19)13(12)18;/h3-4,9-10,12-15,18-20H,5-8H2,1-2H3,(H,16,17);/q;+1/p-1/b4-3-;. The molecule has 1 aliphatic rings. The van der Waals surface area contributed by atoms with E-state index in [1.165, 1.54) is 11.8 Å². The maximum Gasteiger partial charge on any atom is 1.00 e. The fourth-order valence-corrected chi connectivity index (χ4v) is 3.69. The van der Waals surface area contributed by atoms with Gasteiger partial charge in [0, 0.05) is 17.6 Å². The molecule has 0 aromatic carbocycles. The van der Waals surface area contributed by atoms with Gasteiger partial charge in [-0.25, -0.2) is 0 Å². The Morgan fingerprint density at radius 2 is 2.00 bits per heavy atom. The van der Waals surface area contributed by atoms with E-state index in [1.807, 2.05) is 26.0 Å². The monoisotopic (exact) mass is 356 g/mol. The van der Waals surface area contributed by atoms with Crippen LogP contribution < -0.4 is 34.7 Å². The summed E-state index contributed by atoms with van der Waals surface area (Å²) in [6.07, 6.45) is 0.302. The van der Waals surface area contributed by atoms with Gasteiger partial charge in [-0.2, -0.15) is 11.8 Å². The molecule has 0 aliphatic carbocycles.